The molecule has 0 aliphatic rings. The number of benzene rings is 3. The molecule has 3 rings (SSSR count). The van der Waals surface area contributed by atoms with Gasteiger partial charge in [0.05, 0.1) is 21.8 Å². The van der Waals surface area contributed by atoms with Gasteiger partial charge < -0.3 is 14.8 Å². The number of rotatable bonds is 8. The lowest BCUT2D eigenvalue weighted by atomic mass is 10.0. The van der Waals surface area contributed by atoms with Crippen LogP contribution in [0.5, 0.6) is 11.5 Å². The SMILES string of the molecule is CCOc1cc(/C=C(/C#N)c2ccccc2F)cc(I)c1OCC(=O)Nc1ccc(F)cc1. The van der Waals surface area contributed by atoms with Crippen LogP contribution in [0.25, 0.3) is 11.6 Å². The summed E-state index contributed by atoms with van der Waals surface area (Å²) in [5, 5.41) is 12.2. The highest BCUT2D eigenvalue weighted by molar-refractivity contribution is 14.1. The molecule has 0 atom stereocenters. The monoisotopic (exact) mass is 560 g/mol. The third kappa shape index (κ3) is 6.52. The Labute approximate surface area is 203 Å². The summed E-state index contributed by atoms with van der Waals surface area (Å²) in [6.07, 6.45) is 1.56. The second-order valence-corrected chi connectivity index (χ2v) is 7.92. The van der Waals surface area contributed by atoms with Crippen molar-refractivity contribution in [1.82, 2.24) is 0 Å². The molecule has 0 bridgehead atoms. The number of halogens is 3. The third-order valence-corrected chi connectivity index (χ3v) is 5.20. The van der Waals surface area contributed by atoms with Gasteiger partial charge in [-0.1, -0.05) is 18.2 Å². The summed E-state index contributed by atoms with van der Waals surface area (Å²) >= 11 is 2.04. The Morgan fingerprint density at radius 3 is 2.52 bits per heavy atom. The van der Waals surface area contributed by atoms with Gasteiger partial charge in [-0.05, 0) is 83.6 Å². The molecule has 5 nitrogen and oxygen atoms in total. The predicted molar refractivity (Wildman–Crippen MR) is 131 cm³/mol. The molecule has 8 heteroatoms. The summed E-state index contributed by atoms with van der Waals surface area (Å²) in [6, 6.07) is 16.9. The van der Waals surface area contributed by atoms with Crippen LogP contribution in [0, 0.1) is 26.5 Å². The molecule has 0 aromatic heterocycles. The maximum atomic E-state index is 14.1. The largest absolute Gasteiger partial charge is 0.490 e. The van der Waals surface area contributed by atoms with E-state index in [1.54, 1.807) is 37.3 Å². The van der Waals surface area contributed by atoms with Gasteiger partial charge in [-0.3, -0.25) is 4.79 Å². The Morgan fingerprint density at radius 2 is 1.85 bits per heavy atom. The third-order valence-electron chi connectivity index (χ3n) is 4.40. The van der Waals surface area contributed by atoms with E-state index in [1.807, 2.05) is 28.7 Å². The second-order valence-electron chi connectivity index (χ2n) is 6.76. The van der Waals surface area contributed by atoms with Crippen LogP contribution in [0.4, 0.5) is 14.5 Å². The van der Waals surface area contributed by atoms with E-state index in [2.05, 4.69) is 5.32 Å². The normalized spacial score (nSPS) is 10.9. The van der Waals surface area contributed by atoms with Crippen molar-refractivity contribution in [3.8, 4) is 17.6 Å². The number of anilines is 1. The van der Waals surface area contributed by atoms with E-state index in [4.69, 9.17) is 9.47 Å². The van der Waals surface area contributed by atoms with Crippen LogP contribution in [0.3, 0.4) is 0 Å². The summed E-state index contributed by atoms with van der Waals surface area (Å²) < 4.78 is 39.2. The summed E-state index contributed by atoms with van der Waals surface area (Å²) in [5.74, 6) is -0.555. The van der Waals surface area contributed by atoms with Crippen LogP contribution in [-0.4, -0.2) is 19.1 Å². The lowest BCUT2D eigenvalue weighted by Crippen LogP contribution is -2.20. The van der Waals surface area contributed by atoms with E-state index in [0.29, 0.717) is 32.9 Å². The van der Waals surface area contributed by atoms with Crippen molar-refractivity contribution < 1.29 is 23.0 Å². The van der Waals surface area contributed by atoms with E-state index in [1.165, 1.54) is 36.4 Å². The number of carbonyl (C=O) groups is 1. The topological polar surface area (TPSA) is 71.3 Å². The molecule has 33 heavy (non-hydrogen) atoms. The molecule has 168 valence electrons. The fourth-order valence-electron chi connectivity index (χ4n) is 2.96. The minimum Gasteiger partial charge on any atom is -0.490 e. The van der Waals surface area contributed by atoms with Crippen molar-refractivity contribution in [2.24, 2.45) is 0 Å². The first-order valence-corrected chi connectivity index (χ1v) is 11.0. The molecule has 0 unspecified atom stereocenters. The molecular weight excluding hydrogens is 541 g/mol. The van der Waals surface area contributed by atoms with Crippen molar-refractivity contribution in [1.29, 1.82) is 5.26 Å². The van der Waals surface area contributed by atoms with Gasteiger partial charge in [0.2, 0.25) is 0 Å². The number of nitrogens with one attached hydrogen (secondary N) is 1. The summed E-state index contributed by atoms with van der Waals surface area (Å²) in [6.45, 7) is 1.86. The number of hydrogen-bond donors (Lipinski definition) is 1. The standard InChI is InChI=1S/C25H19F2IN2O3/c1-2-32-23-13-16(11-17(14-29)20-5-3-4-6-21(20)27)12-22(28)25(23)33-15-24(31)30-19-9-7-18(26)8-10-19/h3-13H,2,15H2,1H3,(H,30,31)/b17-11-. The molecule has 0 heterocycles. The average Bonchev–Trinajstić information content (AvgIpc) is 2.79. The van der Waals surface area contributed by atoms with Crippen molar-refractivity contribution in [3.63, 3.8) is 0 Å². The molecule has 0 spiro atoms. The Balaban J connectivity index is 1.82. The van der Waals surface area contributed by atoms with Crippen LogP contribution in [0.15, 0.2) is 60.7 Å². The Kier molecular flexibility index (Phi) is 8.38. The van der Waals surface area contributed by atoms with Gasteiger partial charge in [0.1, 0.15) is 11.6 Å². The summed E-state index contributed by atoms with van der Waals surface area (Å²) in [4.78, 5) is 12.2. The lowest BCUT2D eigenvalue weighted by Gasteiger charge is -2.15. The number of nitrogens with zero attached hydrogens (tertiary/aromatic N) is 1. The number of ether oxygens (including phenoxy) is 2. The fraction of sp³-hybridized carbons (Fsp3) is 0.120. The van der Waals surface area contributed by atoms with Crippen molar-refractivity contribution in [2.45, 2.75) is 6.92 Å². The van der Waals surface area contributed by atoms with Gasteiger partial charge in [-0.15, -0.1) is 0 Å². The molecule has 1 amide bonds. The van der Waals surface area contributed by atoms with Crippen molar-refractivity contribution in [2.75, 3.05) is 18.5 Å². The molecule has 0 fully saturated rings. The molecule has 3 aromatic carbocycles. The zero-order valence-electron chi connectivity index (χ0n) is 17.6. The number of hydrogen-bond acceptors (Lipinski definition) is 4. The number of nitriles is 1. The van der Waals surface area contributed by atoms with Gasteiger partial charge >= 0.3 is 0 Å². The number of amides is 1. The van der Waals surface area contributed by atoms with E-state index < -0.39 is 17.5 Å². The molecule has 1 N–H and O–H groups in total. The summed E-state index contributed by atoms with van der Waals surface area (Å²) in [7, 11) is 0. The molecule has 0 saturated heterocycles. The van der Waals surface area contributed by atoms with E-state index in [-0.39, 0.29) is 17.7 Å². The molecular formula is C25H19F2IN2O3. The first-order chi connectivity index (χ1) is 15.9. The van der Waals surface area contributed by atoms with Crippen LogP contribution in [-0.2, 0) is 4.79 Å². The van der Waals surface area contributed by atoms with Gasteiger partial charge in [0, 0.05) is 11.3 Å². The first kappa shape index (κ1) is 24.2. The molecule has 0 saturated carbocycles. The van der Waals surface area contributed by atoms with E-state index in [9.17, 15) is 18.8 Å². The summed E-state index contributed by atoms with van der Waals surface area (Å²) in [5.41, 5.74) is 1.43. The second kappa shape index (κ2) is 11.4. The van der Waals surface area contributed by atoms with Crippen LogP contribution >= 0.6 is 22.6 Å². The molecule has 3 aromatic rings. The van der Waals surface area contributed by atoms with Gasteiger partial charge in [-0.2, -0.15) is 5.26 Å². The Morgan fingerprint density at radius 1 is 1.12 bits per heavy atom. The Bertz CT molecular complexity index is 1220. The zero-order valence-corrected chi connectivity index (χ0v) is 19.7. The van der Waals surface area contributed by atoms with Gasteiger partial charge in [-0.25, -0.2) is 8.78 Å². The molecule has 0 radical (unpaired) electrons. The number of carbonyl (C=O) groups excluding carboxylic acids is 1. The number of allylic oxidation sites excluding steroid dienone is 1. The zero-order chi connectivity index (χ0) is 23.8. The average molecular weight is 560 g/mol. The van der Waals surface area contributed by atoms with Crippen LogP contribution < -0.4 is 14.8 Å². The highest BCUT2D eigenvalue weighted by atomic mass is 127. The fourth-order valence-corrected chi connectivity index (χ4v) is 3.74. The van der Waals surface area contributed by atoms with Crippen LogP contribution in [0.1, 0.15) is 18.1 Å². The van der Waals surface area contributed by atoms with E-state index >= 15 is 0 Å². The molecule has 0 aliphatic heterocycles. The maximum Gasteiger partial charge on any atom is 0.262 e. The molecule has 0 aliphatic carbocycles. The predicted octanol–water partition coefficient (Wildman–Crippen LogP) is 6.05. The lowest BCUT2D eigenvalue weighted by molar-refractivity contribution is -0.118. The van der Waals surface area contributed by atoms with Gasteiger partial charge in [0.15, 0.2) is 18.1 Å². The highest BCUT2D eigenvalue weighted by Gasteiger charge is 2.15. The highest BCUT2D eigenvalue weighted by Crippen LogP contribution is 2.35. The smallest absolute Gasteiger partial charge is 0.262 e. The van der Waals surface area contributed by atoms with E-state index in [0.717, 1.165) is 0 Å². The van der Waals surface area contributed by atoms with Gasteiger partial charge in [0.25, 0.3) is 5.91 Å². The Hall–Kier alpha value is -3.45. The van der Waals surface area contributed by atoms with Crippen LogP contribution in [0.2, 0.25) is 0 Å². The minimum absolute atomic E-state index is 0.165. The van der Waals surface area contributed by atoms with Crippen molar-refractivity contribution in [3.05, 3.63) is 87.0 Å². The first-order valence-electron chi connectivity index (χ1n) is 9.92. The maximum absolute atomic E-state index is 14.1. The minimum atomic E-state index is -0.489. The van der Waals surface area contributed by atoms with Crippen molar-refractivity contribution >= 4 is 45.8 Å². The quantitative estimate of drug-likeness (QED) is 0.207.